The lowest BCUT2D eigenvalue weighted by Crippen LogP contribution is -2.39. The van der Waals surface area contributed by atoms with Gasteiger partial charge in [0.25, 0.3) is 5.91 Å². The smallest absolute Gasteiger partial charge is 0.276 e. The molecule has 0 bridgehead atoms. The molecule has 4 rings (SSSR count). The lowest BCUT2D eigenvalue weighted by Gasteiger charge is -2.32. The molecule has 0 aliphatic carbocycles. The Morgan fingerprint density at radius 2 is 1.88 bits per heavy atom. The molecule has 1 aliphatic heterocycles. The number of nitrogens with zero attached hydrogens (tertiary/aromatic N) is 3. The Labute approximate surface area is 150 Å². The van der Waals surface area contributed by atoms with E-state index < -0.39 is 0 Å². The molecule has 1 amide bonds. The average molecular weight is 356 g/mol. The van der Waals surface area contributed by atoms with Crippen LogP contribution in [-0.4, -0.2) is 33.6 Å². The zero-order valence-electron chi connectivity index (χ0n) is 13.6. The number of benzene rings is 1. The van der Waals surface area contributed by atoms with Crippen LogP contribution in [0.25, 0.3) is 11.3 Å². The van der Waals surface area contributed by atoms with Gasteiger partial charge in [0.05, 0.1) is 0 Å². The molecule has 0 atom stereocenters. The average Bonchev–Trinajstić information content (AvgIpc) is 3.33. The van der Waals surface area contributed by atoms with Crippen LogP contribution in [0.1, 0.15) is 29.4 Å². The zero-order chi connectivity index (χ0) is 17.2. The number of piperidine rings is 1. The molecule has 0 saturated carbocycles. The van der Waals surface area contributed by atoms with Gasteiger partial charge in [-0.3, -0.25) is 4.79 Å². The van der Waals surface area contributed by atoms with E-state index in [1.165, 1.54) is 0 Å². The van der Waals surface area contributed by atoms with E-state index in [2.05, 4.69) is 22.1 Å². The minimum atomic E-state index is -0.0806. The van der Waals surface area contributed by atoms with Crippen molar-refractivity contribution in [3.05, 3.63) is 65.6 Å². The van der Waals surface area contributed by atoms with Crippen LogP contribution in [0.4, 0.5) is 0 Å². The van der Waals surface area contributed by atoms with Crippen LogP contribution in [-0.2, 0) is 0 Å². The van der Waals surface area contributed by atoms with Crippen LogP contribution in [0, 0.1) is 0 Å². The van der Waals surface area contributed by atoms with Gasteiger partial charge in [-0.15, -0.1) is 0 Å². The van der Waals surface area contributed by atoms with E-state index in [0.29, 0.717) is 22.5 Å². The summed E-state index contributed by atoms with van der Waals surface area (Å²) in [7, 11) is 0. The molecule has 25 heavy (non-hydrogen) atoms. The highest BCUT2D eigenvalue weighted by Crippen LogP contribution is 2.26. The molecular weight excluding hydrogens is 338 g/mol. The van der Waals surface area contributed by atoms with Crippen LogP contribution >= 0.6 is 11.6 Å². The fraction of sp³-hybridized carbons (Fsp3) is 0.263. The lowest BCUT2D eigenvalue weighted by molar-refractivity contribution is 0.0684. The van der Waals surface area contributed by atoms with Gasteiger partial charge in [-0.2, -0.15) is 0 Å². The van der Waals surface area contributed by atoms with Gasteiger partial charge in [-0.1, -0.05) is 28.9 Å². The fourth-order valence-corrected chi connectivity index (χ4v) is 3.46. The van der Waals surface area contributed by atoms with Crippen molar-refractivity contribution in [3.63, 3.8) is 0 Å². The summed E-state index contributed by atoms with van der Waals surface area (Å²) in [5.74, 6) is 0.469. The molecule has 3 heterocycles. The molecule has 0 N–H and O–H groups in total. The van der Waals surface area contributed by atoms with E-state index in [1.54, 1.807) is 18.2 Å². The summed E-state index contributed by atoms with van der Waals surface area (Å²) in [5.41, 5.74) is 1.15. The third-order valence-corrected chi connectivity index (χ3v) is 4.87. The van der Waals surface area contributed by atoms with Gasteiger partial charge in [0.1, 0.15) is 0 Å². The summed E-state index contributed by atoms with van der Waals surface area (Å²) in [6.45, 7) is 1.45. The predicted octanol–water partition coefficient (Wildman–Crippen LogP) is 4.27. The minimum absolute atomic E-state index is 0.0806. The fourth-order valence-electron chi connectivity index (χ4n) is 3.27. The number of likely N-dealkylation sites (tertiary alicyclic amines) is 1. The molecule has 0 radical (unpaired) electrons. The number of carbonyl (C=O) groups is 1. The van der Waals surface area contributed by atoms with Crippen molar-refractivity contribution in [2.24, 2.45) is 0 Å². The molecular formula is C19H18ClN3O2. The molecule has 6 heteroatoms. The molecule has 1 aliphatic rings. The van der Waals surface area contributed by atoms with Crippen LogP contribution in [0.3, 0.4) is 0 Å². The largest absolute Gasteiger partial charge is 0.355 e. The van der Waals surface area contributed by atoms with E-state index in [-0.39, 0.29) is 5.91 Å². The molecule has 2 aromatic heterocycles. The number of halogens is 1. The maximum absolute atomic E-state index is 12.7. The first-order valence-corrected chi connectivity index (χ1v) is 8.73. The van der Waals surface area contributed by atoms with Gasteiger partial charge in [0, 0.05) is 48.2 Å². The first-order chi connectivity index (χ1) is 12.2. The molecule has 1 saturated heterocycles. The number of aromatic nitrogens is 2. The molecule has 3 aromatic rings. The summed E-state index contributed by atoms with van der Waals surface area (Å²) in [4.78, 5) is 14.5. The molecule has 1 fully saturated rings. The van der Waals surface area contributed by atoms with Crippen LogP contribution in [0.5, 0.6) is 0 Å². The van der Waals surface area contributed by atoms with Gasteiger partial charge < -0.3 is 14.0 Å². The zero-order valence-corrected chi connectivity index (χ0v) is 14.4. The topological polar surface area (TPSA) is 51.3 Å². The number of amides is 1. The van der Waals surface area contributed by atoms with Crippen LogP contribution in [0.15, 0.2) is 59.4 Å². The Morgan fingerprint density at radius 1 is 1.12 bits per heavy atom. The van der Waals surface area contributed by atoms with Crippen molar-refractivity contribution in [2.45, 2.75) is 18.9 Å². The summed E-state index contributed by atoms with van der Waals surface area (Å²) in [6, 6.07) is 13.5. The highest BCUT2D eigenvalue weighted by atomic mass is 35.5. The Balaban J connectivity index is 1.44. The minimum Gasteiger partial charge on any atom is -0.355 e. The third-order valence-electron chi connectivity index (χ3n) is 4.64. The van der Waals surface area contributed by atoms with Crippen molar-refractivity contribution in [2.75, 3.05) is 13.1 Å². The molecule has 128 valence electrons. The number of rotatable bonds is 3. The quantitative estimate of drug-likeness (QED) is 0.704. The van der Waals surface area contributed by atoms with Crippen molar-refractivity contribution in [1.29, 1.82) is 0 Å². The van der Waals surface area contributed by atoms with Gasteiger partial charge in [-0.25, -0.2) is 0 Å². The normalized spacial score (nSPS) is 15.5. The monoisotopic (exact) mass is 355 g/mol. The Bertz CT molecular complexity index is 864. The summed E-state index contributed by atoms with van der Waals surface area (Å²) in [6.07, 6.45) is 6.05. The first kappa shape index (κ1) is 16.0. The van der Waals surface area contributed by atoms with Gasteiger partial charge in [-0.05, 0) is 37.1 Å². The van der Waals surface area contributed by atoms with Crippen molar-refractivity contribution in [3.8, 4) is 11.3 Å². The molecule has 1 aromatic carbocycles. The Kier molecular flexibility index (Phi) is 4.32. The Hall–Kier alpha value is -2.53. The Morgan fingerprint density at radius 3 is 2.60 bits per heavy atom. The van der Waals surface area contributed by atoms with E-state index in [1.807, 2.05) is 29.2 Å². The van der Waals surface area contributed by atoms with Crippen LogP contribution in [0.2, 0.25) is 5.02 Å². The lowest BCUT2D eigenvalue weighted by atomic mass is 10.0. The van der Waals surface area contributed by atoms with Crippen LogP contribution < -0.4 is 0 Å². The van der Waals surface area contributed by atoms with E-state index >= 15 is 0 Å². The maximum atomic E-state index is 12.7. The molecule has 0 spiro atoms. The van der Waals surface area contributed by atoms with E-state index in [9.17, 15) is 4.79 Å². The predicted molar refractivity (Wildman–Crippen MR) is 95.6 cm³/mol. The van der Waals surface area contributed by atoms with Gasteiger partial charge >= 0.3 is 0 Å². The summed E-state index contributed by atoms with van der Waals surface area (Å²) >= 11 is 6.00. The second-order valence-electron chi connectivity index (χ2n) is 6.24. The van der Waals surface area contributed by atoms with Gasteiger partial charge in [0.15, 0.2) is 11.5 Å². The standard InChI is InChI=1S/C19H18ClN3O2/c20-15-5-3-4-14(12-15)18-13-17(21-25-18)19(24)23-10-6-16(7-11-23)22-8-1-2-9-22/h1-5,8-9,12-13,16H,6-7,10-11H2. The second kappa shape index (κ2) is 6.76. The van der Waals surface area contributed by atoms with Crippen molar-refractivity contribution in [1.82, 2.24) is 14.6 Å². The third kappa shape index (κ3) is 3.33. The highest BCUT2D eigenvalue weighted by Gasteiger charge is 2.26. The molecule has 0 unspecified atom stereocenters. The van der Waals surface area contributed by atoms with Crippen molar-refractivity contribution < 1.29 is 9.32 Å². The highest BCUT2D eigenvalue weighted by molar-refractivity contribution is 6.30. The summed E-state index contributed by atoms with van der Waals surface area (Å²) in [5, 5.41) is 4.57. The van der Waals surface area contributed by atoms with E-state index in [0.717, 1.165) is 31.5 Å². The van der Waals surface area contributed by atoms with E-state index in [4.69, 9.17) is 16.1 Å². The summed E-state index contributed by atoms with van der Waals surface area (Å²) < 4.78 is 7.55. The SMILES string of the molecule is O=C(c1cc(-c2cccc(Cl)c2)on1)N1CCC(n2cccc2)CC1. The van der Waals surface area contributed by atoms with Gasteiger partial charge in [0.2, 0.25) is 0 Å². The second-order valence-corrected chi connectivity index (χ2v) is 6.68. The molecule has 5 nitrogen and oxygen atoms in total. The number of hydrogen-bond acceptors (Lipinski definition) is 3. The number of hydrogen-bond donors (Lipinski definition) is 0. The first-order valence-electron chi connectivity index (χ1n) is 8.35. The van der Waals surface area contributed by atoms with Crippen molar-refractivity contribution >= 4 is 17.5 Å². The maximum Gasteiger partial charge on any atom is 0.276 e. The number of carbonyl (C=O) groups excluding carboxylic acids is 1.